The maximum atomic E-state index is 11.8. The van der Waals surface area contributed by atoms with Crippen LogP contribution < -0.4 is 5.73 Å². The highest BCUT2D eigenvalue weighted by molar-refractivity contribution is 7.80. The maximum Gasteiger partial charge on any atom is 0.222 e. The van der Waals surface area contributed by atoms with Crippen molar-refractivity contribution in [1.29, 1.82) is 0 Å². The Kier molecular flexibility index (Phi) is 5.21. The molecule has 4 heteroatoms. The molecule has 0 saturated heterocycles. The third-order valence-corrected chi connectivity index (χ3v) is 2.54. The Bertz CT molecular complexity index is 245. The Morgan fingerprint density at radius 1 is 1.47 bits per heavy atom. The van der Waals surface area contributed by atoms with Gasteiger partial charge in [-0.25, -0.2) is 0 Å². The van der Waals surface area contributed by atoms with E-state index in [1.54, 1.807) is 11.9 Å². The normalized spacial score (nSPS) is 13.4. The van der Waals surface area contributed by atoms with Crippen molar-refractivity contribution >= 4 is 23.1 Å². The molecule has 1 atom stereocenters. The summed E-state index contributed by atoms with van der Waals surface area (Å²) in [5.41, 5.74) is 5.53. The summed E-state index contributed by atoms with van der Waals surface area (Å²) in [5, 5.41) is 0. The molecule has 0 radical (unpaired) electrons. The zero-order valence-corrected chi connectivity index (χ0v) is 11.1. The second kappa shape index (κ2) is 5.45. The van der Waals surface area contributed by atoms with Crippen molar-refractivity contribution in [2.45, 2.75) is 34.1 Å². The van der Waals surface area contributed by atoms with Crippen LogP contribution in [-0.2, 0) is 4.79 Å². The quantitative estimate of drug-likeness (QED) is 0.749. The van der Waals surface area contributed by atoms with Crippen molar-refractivity contribution in [1.82, 2.24) is 4.90 Å². The standard InChI is InChI=1S/C11H22N2OS/c1-8(10(12)15)7-13(5)9(14)6-11(2,3)4/h8H,6-7H2,1-5H3,(H2,12,15). The minimum Gasteiger partial charge on any atom is -0.393 e. The summed E-state index contributed by atoms with van der Waals surface area (Å²) < 4.78 is 0. The van der Waals surface area contributed by atoms with Gasteiger partial charge in [0, 0.05) is 25.9 Å². The van der Waals surface area contributed by atoms with E-state index in [2.05, 4.69) is 20.8 Å². The van der Waals surface area contributed by atoms with E-state index in [1.165, 1.54) is 0 Å². The number of carbonyl (C=O) groups is 1. The molecule has 0 aromatic rings. The van der Waals surface area contributed by atoms with Crippen LogP contribution in [0.15, 0.2) is 0 Å². The average molecular weight is 230 g/mol. The fraction of sp³-hybridized carbons (Fsp3) is 0.818. The second-order valence-corrected chi connectivity index (χ2v) is 5.79. The molecule has 0 fully saturated rings. The van der Waals surface area contributed by atoms with E-state index in [-0.39, 0.29) is 17.2 Å². The van der Waals surface area contributed by atoms with Gasteiger partial charge >= 0.3 is 0 Å². The van der Waals surface area contributed by atoms with Crippen LogP contribution >= 0.6 is 12.2 Å². The molecule has 0 saturated carbocycles. The van der Waals surface area contributed by atoms with E-state index >= 15 is 0 Å². The number of carbonyl (C=O) groups excluding carboxylic acids is 1. The highest BCUT2D eigenvalue weighted by Crippen LogP contribution is 2.19. The average Bonchev–Trinajstić information content (AvgIpc) is 2.00. The molecule has 0 aliphatic carbocycles. The summed E-state index contributed by atoms with van der Waals surface area (Å²) in [6.45, 7) is 8.69. The lowest BCUT2D eigenvalue weighted by molar-refractivity contribution is -0.132. The van der Waals surface area contributed by atoms with E-state index in [0.29, 0.717) is 18.0 Å². The first kappa shape index (κ1) is 14.4. The highest BCUT2D eigenvalue weighted by atomic mass is 32.1. The van der Waals surface area contributed by atoms with Gasteiger partial charge in [0.2, 0.25) is 5.91 Å². The molecule has 0 heterocycles. The molecule has 0 aliphatic rings. The molecule has 0 bridgehead atoms. The fourth-order valence-electron chi connectivity index (χ4n) is 1.19. The van der Waals surface area contributed by atoms with Crippen molar-refractivity contribution in [2.24, 2.45) is 17.1 Å². The van der Waals surface area contributed by atoms with Gasteiger partial charge in [0.1, 0.15) is 0 Å². The van der Waals surface area contributed by atoms with E-state index < -0.39 is 0 Å². The molecule has 1 unspecified atom stereocenters. The Morgan fingerprint density at radius 3 is 2.27 bits per heavy atom. The number of thiocarbonyl (C=S) groups is 1. The van der Waals surface area contributed by atoms with Crippen LogP contribution in [0.4, 0.5) is 0 Å². The Morgan fingerprint density at radius 2 is 1.93 bits per heavy atom. The molecule has 2 N–H and O–H groups in total. The largest absolute Gasteiger partial charge is 0.393 e. The van der Waals surface area contributed by atoms with Crippen molar-refractivity contribution < 1.29 is 4.79 Å². The van der Waals surface area contributed by atoms with Crippen LogP contribution in [0.5, 0.6) is 0 Å². The summed E-state index contributed by atoms with van der Waals surface area (Å²) in [6, 6.07) is 0. The first-order valence-corrected chi connectivity index (χ1v) is 5.57. The number of hydrogen-bond donors (Lipinski definition) is 1. The zero-order valence-electron chi connectivity index (χ0n) is 10.3. The number of amides is 1. The van der Waals surface area contributed by atoms with E-state index in [0.717, 1.165) is 0 Å². The number of nitrogens with two attached hydrogens (primary N) is 1. The minimum absolute atomic E-state index is 0.0256. The van der Waals surface area contributed by atoms with Crippen LogP contribution in [0.3, 0.4) is 0 Å². The van der Waals surface area contributed by atoms with Crippen LogP contribution in [0, 0.1) is 11.3 Å². The van der Waals surface area contributed by atoms with Crippen LogP contribution in [0.1, 0.15) is 34.1 Å². The topological polar surface area (TPSA) is 46.3 Å². The predicted octanol–water partition coefficient (Wildman–Crippen LogP) is 1.80. The molecule has 3 nitrogen and oxygen atoms in total. The Hall–Kier alpha value is -0.640. The summed E-state index contributed by atoms with van der Waals surface area (Å²) in [7, 11) is 1.79. The summed E-state index contributed by atoms with van der Waals surface area (Å²) in [6.07, 6.45) is 0.549. The van der Waals surface area contributed by atoms with E-state index in [9.17, 15) is 4.79 Å². The molecule has 0 rings (SSSR count). The lowest BCUT2D eigenvalue weighted by atomic mass is 9.91. The third-order valence-electron chi connectivity index (χ3n) is 2.14. The van der Waals surface area contributed by atoms with E-state index in [4.69, 9.17) is 18.0 Å². The second-order valence-electron chi connectivity index (χ2n) is 5.32. The van der Waals surface area contributed by atoms with Crippen molar-refractivity contribution in [2.75, 3.05) is 13.6 Å². The SMILES string of the molecule is CC(CN(C)C(=O)CC(C)(C)C)C(N)=S. The minimum atomic E-state index is 0.0256. The fourth-order valence-corrected chi connectivity index (χ4v) is 1.27. The monoisotopic (exact) mass is 230 g/mol. The molecule has 0 aromatic carbocycles. The molecule has 15 heavy (non-hydrogen) atoms. The molecule has 1 amide bonds. The zero-order chi connectivity index (χ0) is 12.2. The van der Waals surface area contributed by atoms with E-state index in [1.807, 2.05) is 6.92 Å². The van der Waals surface area contributed by atoms with Gasteiger partial charge in [0.15, 0.2) is 0 Å². The van der Waals surface area contributed by atoms with Gasteiger partial charge in [0.25, 0.3) is 0 Å². The van der Waals surface area contributed by atoms with Crippen LogP contribution in [0.25, 0.3) is 0 Å². The smallest absolute Gasteiger partial charge is 0.222 e. The molecule has 0 aliphatic heterocycles. The van der Waals surface area contributed by atoms with Crippen LogP contribution in [-0.4, -0.2) is 29.4 Å². The first-order valence-electron chi connectivity index (χ1n) is 5.17. The van der Waals surface area contributed by atoms with Crippen molar-refractivity contribution in [3.8, 4) is 0 Å². The lowest BCUT2D eigenvalue weighted by Gasteiger charge is -2.25. The Labute approximate surface area is 98.0 Å². The first-order chi connectivity index (χ1) is 6.63. The molecular formula is C11H22N2OS. The van der Waals surface area contributed by atoms with Gasteiger partial charge < -0.3 is 10.6 Å². The summed E-state index contributed by atoms with van der Waals surface area (Å²) in [4.78, 5) is 13.9. The van der Waals surface area contributed by atoms with Gasteiger partial charge in [-0.1, -0.05) is 39.9 Å². The number of rotatable bonds is 4. The van der Waals surface area contributed by atoms with Crippen LogP contribution in [0.2, 0.25) is 0 Å². The molecular weight excluding hydrogens is 208 g/mol. The number of hydrogen-bond acceptors (Lipinski definition) is 2. The Balaban J connectivity index is 4.17. The maximum absolute atomic E-state index is 11.8. The van der Waals surface area contributed by atoms with Gasteiger partial charge in [-0.05, 0) is 5.41 Å². The van der Waals surface area contributed by atoms with Gasteiger partial charge in [-0.2, -0.15) is 0 Å². The number of nitrogens with zero attached hydrogens (tertiary/aromatic N) is 1. The van der Waals surface area contributed by atoms with Crippen molar-refractivity contribution in [3.63, 3.8) is 0 Å². The van der Waals surface area contributed by atoms with Gasteiger partial charge in [-0.15, -0.1) is 0 Å². The molecule has 88 valence electrons. The molecule has 0 spiro atoms. The summed E-state index contributed by atoms with van der Waals surface area (Å²) in [5.74, 6) is 0.222. The van der Waals surface area contributed by atoms with Crippen molar-refractivity contribution in [3.05, 3.63) is 0 Å². The third kappa shape index (κ3) is 6.44. The lowest BCUT2D eigenvalue weighted by Crippen LogP contribution is -2.36. The van der Waals surface area contributed by atoms with Gasteiger partial charge in [-0.3, -0.25) is 4.79 Å². The predicted molar refractivity (Wildman–Crippen MR) is 67.7 cm³/mol. The molecule has 0 aromatic heterocycles. The highest BCUT2D eigenvalue weighted by Gasteiger charge is 2.20. The van der Waals surface area contributed by atoms with Gasteiger partial charge in [0.05, 0.1) is 4.99 Å². The summed E-state index contributed by atoms with van der Waals surface area (Å²) >= 11 is 4.87.